The van der Waals surface area contributed by atoms with Gasteiger partial charge < -0.3 is 14.8 Å². The number of hydrogen-bond acceptors (Lipinski definition) is 7. The molecule has 0 aromatic heterocycles. The van der Waals surface area contributed by atoms with E-state index in [4.69, 9.17) is 9.47 Å². The first-order valence-electron chi connectivity index (χ1n) is 7.45. The minimum absolute atomic E-state index is 0.0328. The molecule has 9 heteroatoms. The summed E-state index contributed by atoms with van der Waals surface area (Å²) in [5, 5.41) is 13.2. The van der Waals surface area contributed by atoms with Gasteiger partial charge in [0.25, 0.3) is 11.6 Å². The van der Waals surface area contributed by atoms with Gasteiger partial charge in [-0.1, -0.05) is 12.1 Å². The van der Waals surface area contributed by atoms with Gasteiger partial charge in [-0.2, -0.15) is 0 Å². The molecule has 0 saturated heterocycles. The largest absolute Gasteiger partial charge is 0.497 e. The Balaban J connectivity index is 1.78. The number of hydrogen-bond donors (Lipinski definition) is 1. The van der Waals surface area contributed by atoms with E-state index < -0.39 is 23.4 Å². The van der Waals surface area contributed by atoms with Crippen LogP contribution in [0.4, 0.5) is 11.4 Å². The maximum absolute atomic E-state index is 11.8. The topological polar surface area (TPSA) is 108 Å². The van der Waals surface area contributed by atoms with E-state index in [2.05, 4.69) is 5.32 Å². The third kappa shape index (κ3) is 5.78. The number of methoxy groups -OCH3 is 1. The number of rotatable bonds is 8. The van der Waals surface area contributed by atoms with Crippen molar-refractivity contribution >= 4 is 35.0 Å². The Kier molecular flexibility index (Phi) is 6.98. The van der Waals surface area contributed by atoms with Crippen LogP contribution in [0.5, 0.6) is 5.75 Å². The average molecular weight is 376 g/mol. The summed E-state index contributed by atoms with van der Waals surface area (Å²) in [5.74, 6) is -0.473. The molecule has 0 aliphatic carbocycles. The van der Waals surface area contributed by atoms with Crippen LogP contribution in [0.15, 0.2) is 53.4 Å². The first kappa shape index (κ1) is 19.3. The Morgan fingerprint density at radius 2 is 1.85 bits per heavy atom. The van der Waals surface area contributed by atoms with E-state index in [9.17, 15) is 19.7 Å². The lowest BCUT2D eigenvalue weighted by Gasteiger charge is -2.07. The number of nitrogens with one attached hydrogen (secondary N) is 1. The number of thioether (sulfide) groups is 1. The highest BCUT2D eigenvalue weighted by Crippen LogP contribution is 2.23. The number of nitro groups is 1. The zero-order valence-corrected chi connectivity index (χ0v) is 14.7. The Hall–Kier alpha value is -3.07. The molecule has 0 bridgehead atoms. The van der Waals surface area contributed by atoms with Crippen molar-refractivity contribution in [1.29, 1.82) is 0 Å². The van der Waals surface area contributed by atoms with Gasteiger partial charge in [0.2, 0.25) is 0 Å². The lowest BCUT2D eigenvalue weighted by molar-refractivity contribution is -0.383. The van der Waals surface area contributed by atoms with Gasteiger partial charge in [-0.05, 0) is 30.3 Å². The summed E-state index contributed by atoms with van der Waals surface area (Å²) in [7, 11) is 1.56. The lowest BCUT2D eigenvalue weighted by atomic mass is 10.2. The number of carbonyl (C=O) groups excluding carboxylic acids is 2. The predicted molar refractivity (Wildman–Crippen MR) is 96.4 cm³/mol. The van der Waals surface area contributed by atoms with Crippen molar-refractivity contribution in [1.82, 2.24) is 0 Å². The normalized spacial score (nSPS) is 10.0. The zero-order chi connectivity index (χ0) is 18.9. The number of nitro benzene ring substituents is 1. The van der Waals surface area contributed by atoms with Gasteiger partial charge in [-0.25, -0.2) is 0 Å². The molecule has 0 fully saturated rings. The molecule has 2 aromatic rings. The fraction of sp³-hybridized carbons (Fsp3) is 0.176. The van der Waals surface area contributed by atoms with E-state index in [0.29, 0.717) is 5.75 Å². The molecule has 136 valence electrons. The highest BCUT2D eigenvalue weighted by Gasteiger charge is 2.15. The molecule has 0 aliphatic rings. The number of esters is 1. The van der Waals surface area contributed by atoms with E-state index in [-0.39, 0.29) is 17.1 Å². The first-order valence-corrected chi connectivity index (χ1v) is 8.44. The highest BCUT2D eigenvalue weighted by molar-refractivity contribution is 8.00. The fourth-order valence-corrected chi connectivity index (χ4v) is 2.62. The summed E-state index contributed by atoms with van der Waals surface area (Å²) < 4.78 is 9.92. The molecule has 1 N–H and O–H groups in total. The van der Waals surface area contributed by atoms with E-state index in [0.717, 1.165) is 4.90 Å². The van der Waals surface area contributed by atoms with Gasteiger partial charge in [0.05, 0.1) is 17.8 Å². The van der Waals surface area contributed by atoms with Crippen molar-refractivity contribution in [3.63, 3.8) is 0 Å². The molecule has 0 heterocycles. The molecule has 0 atom stereocenters. The van der Waals surface area contributed by atoms with Crippen LogP contribution in [0.3, 0.4) is 0 Å². The van der Waals surface area contributed by atoms with E-state index >= 15 is 0 Å². The summed E-state index contributed by atoms with van der Waals surface area (Å²) >= 11 is 1.26. The third-order valence-electron chi connectivity index (χ3n) is 3.16. The van der Waals surface area contributed by atoms with Gasteiger partial charge >= 0.3 is 5.97 Å². The van der Waals surface area contributed by atoms with Crippen LogP contribution in [-0.4, -0.2) is 36.3 Å². The number of amides is 1. The van der Waals surface area contributed by atoms with Crippen molar-refractivity contribution in [2.24, 2.45) is 0 Å². The Morgan fingerprint density at radius 1 is 1.15 bits per heavy atom. The average Bonchev–Trinajstić information content (AvgIpc) is 2.65. The quantitative estimate of drug-likeness (QED) is 0.327. The zero-order valence-electron chi connectivity index (χ0n) is 13.8. The Labute approximate surface area is 153 Å². The second kappa shape index (κ2) is 9.42. The number of nitrogens with zero attached hydrogens (tertiary/aromatic N) is 1. The Morgan fingerprint density at radius 3 is 2.50 bits per heavy atom. The van der Waals surface area contributed by atoms with E-state index in [1.54, 1.807) is 37.4 Å². The van der Waals surface area contributed by atoms with Crippen LogP contribution in [0.25, 0.3) is 0 Å². The highest BCUT2D eigenvalue weighted by atomic mass is 32.2. The number of para-hydroxylation sites is 2. The lowest BCUT2D eigenvalue weighted by Crippen LogP contribution is -2.22. The van der Waals surface area contributed by atoms with Crippen LogP contribution in [0, 0.1) is 10.1 Å². The number of benzene rings is 2. The van der Waals surface area contributed by atoms with Crippen LogP contribution in [0.1, 0.15) is 0 Å². The van der Waals surface area contributed by atoms with Crippen molar-refractivity contribution in [3.8, 4) is 5.75 Å². The second-order valence-electron chi connectivity index (χ2n) is 4.95. The molecule has 0 saturated carbocycles. The third-order valence-corrected chi connectivity index (χ3v) is 4.14. The maximum atomic E-state index is 11.8. The van der Waals surface area contributed by atoms with Crippen LogP contribution < -0.4 is 10.1 Å². The van der Waals surface area contributed by atoms with E-state index in [1.807, 2.05) is 0 Å². The maximum Gasteiger partial charge on any atom is 0.316 e. The molecule has 2 rings (SSSR count). The monoisotopic (exact) mass is 376 g/mol. The summed E-state index contributed by atoms with van der Waals surface area (Å²) in [5.41, 5.74) is -0.187. The molecule has 0 radical (unpaired) electrons. The molecule has 8 nitrogen and oxygen atoms in total. The van der Waals surface area contributed by atoms with Crippen molar-refractivity contribution < 1.29 is 24.0 Å². The van der Waals surface area contributed by atoms with Crippen molar-refractivity contribution in [2.75, 3.05) is 24.8 Å². The molecule has 0 spiro atoms. The van der Waals surface area contributed by atoms with Gasteiger partial charge in [-0.15, -0.1) is 11.8 Å². The standard InChI is InChI=1S/C17H16N2O6S/c1-24-12-6-8-13(9-7-12)26-11-17(21)25-10-16(20)18-14-4-2-3-5-15(14)19(22)23/h2-9H,10-11H2,1H3,(H,18,20). The summed E-state index contributed by atoms with van der Waals surface area (Å²) in [6.07, 6.45) is 0. The summed E-state index contributed by atoms with van der Waals surface area (Å²) in [6, 6.07) is 12.9. The summed E-state index contributed by atoms with van der Waals surface area (Å²) in [6.45, 7) is -0.520. The van der Waals surface area contributed by atoms with Crippen LogP contribution >= 0.6 is 11.8 Å². The Bertz CT molecular complexity index is 794. The van der Waals surface area contributed by atoms with Crippen LogP contribution in [0.2, 0.25) is 0 Å². The number of carbonyl (C=O) groups is 2. The van der Waals surface area contributed by atoms with Crippen molar-refractivity contribution in [2.45, 2.75) is 4.90 Å². The predicted octanol–water partition coefficient (Wildman–Crippen LogP) is 2.88. The number of anilines is 1. The molecule has 26 heavy (non-hydrogen) atoms. The molecule has 0 aliphatic heterocycles. The second-order valence-corrected chi connectivity index (χ2v) is 6.00. The molecular formula is C17H16N2O6S. The SMILES string of the molecule is COc1ccc(SCC(=O)OCC(=O)Nc2ccccc2[N+](=O)[O-])cc1. The minimum Gasteiger partial charge on any atom is -0.497 e. The van der Waals surface area contributed by atoms with Gasteiger partial charge in [-0.3, -0.25) is 19.7 Å². The van der Waals surface area contributed by atoms with E-state index in [1.165, 1.54) is 30.0 Å². The number of ether oxygens (including phenoxy) is 2. The van der Waals surface area contributed by atoms with Gasteiger partial charge in [0, 0.05) is 11.0 Å². The molecular weight excluding hydrogens is 360 g/mol. The smallest absolute Gasteiger partial charge is 0.316 e. The molecule has 1 amide bonds. The first-order chi connectivity index (χ1) is 12.5. The van der Waals surface area contributed by atoms with Crippen LogP contribution in [-0.2, 0) is 14.3 Å². The van der Waals surface area contributed by atoms with Gasteiger partial charge in [0.15, 0.2) is 6.61 Å². The van der Waals surface area contributed by atoms with Crippen molar-refractivity contribution in [3.05, 3.63) is 58.6 Å². The minimum atomic E-state index is -0.651. The fourth-order valence-electron chi connectivity index (χ4n) is 1.93. The van der Waals surface area contributed by atoms with Gasteiger partial charge in [0.1, 0.15) is 11.4 Å². The molecule has 2 aromatic carbocycles. The summed E-state index contributed by atoms with van der Waals surface area (Å²) in [4.78, 5) is 34.7. The molecule has 0 unspecified atom stereocenters.